The molecule has 0 spiro atoms. The van der Waals surface area contributed by atoms with Crippen molar-refractivity contribution >= 4 is 29.0 Å². The number of rotatable bonds is 6. The molecule has 0 radical (unpaired) electrons. The van der Waals surface area contributed by atoms with E-state index >= 15 is 0 Å². The minimum absolute atomic E-state index is 0.118. The number of nitrogens with one attached hydrogen (secondary N) is 1. The predicted octanol–water partition coefficient (Wildman–Crippen LogP) is 3.86. The molecule has 1 aliphatic rings. The van der Waals surface area contributed by atoms with E-state index in [4.69, 9.17) is 0 Å². The van der Waals surface area contributed by atoms with Gasteiger partial charge in [-0.05, 0) is 55.5 Å². The first-order valence-corrected chi connectivity index (χ1v) is 9.94. The van der Waals surface area contributed by atoms with Crippen LogP contribution >= 0.6 is 11.8 Å². The molecule has 1 aliphatic heterocycles. The highest BCUT2D eigenvalue weighted by molar-refractivity contribution is 7.99. The average Bonchev–Trinajstić information content (AvgIpc) is 2.69. The van der Waals surface area contributed by atoms with Crippen LogP contribution < -0.4 is 10.2 Å². The first-order valence-electron chi connectivity index (χ1n) is 9.06. The van der Waals surface area contributed by atoms with Gasteiger partial charge in [-0.15, -0.1) is 0 Å². The third-order valence-corrected chi connectivity index (χ3v) is 5.53. The number of amides is 1. The van der Waals surface area contributed by atoms with Crippen molar-refractivity contribution < 1.29 is 18.7 Å². The number of halogens is 2. The van der Waals surface area contributed by atoms with Gasteiger partial charge in [-0.25, -0.2) is 0 Å². The lowest BCUT2D eigenvalue weighted by atomic mass is 10.2. The molecule has 2 aromatic rings. The zero-order chi connectivity index (χ0) is 20.1. The molecule has 1 atom stereocenters. The van der Waals surface area contributed by atoms with Gasteiger partial charge in [0.2, 0.25) is 5.91 Å². The largest absolute Gasteiger partial charge is 0.508 e. The third-order valence-electron chi connectivity index (χ3n) is 4.80. The lowest BCUT2D eigenvalue weighted by Gasteiger charge is -2.38. The SMILES string of the molecule is C[C@H](C(=O)Nc1ccc(SC(F)F)cc1)N1CCN(c2ccc(O)cc2)CC1. The Morgan fingerprint density at radius 1 is 1.04 bits per heavy atom. The van der Waals surface area contributed by atoms with E-state index in [0.717, 1.165) is 31.9 Å². The van der Waals surface area contributed by atoms with E-state index in [1.165, 1.54) is 0 Å². The van der Waals surface area contributed by atoms with Gasteiger partial charge in [-0.1, -0.05) is 11.8 Å². The van der Waals surface area contributed by atoms with E-state index in [1.54, 1.807) is 36.4 Å². The molecule has 8 heteroatoms. The van der Waals surface area contributed by atoms with Crippen molar-refractivity contribution in [3.8, 4) is 5.75 Å². The van der Waals surface area contributed by atoms with E-state index in [1.807, 2.05) is 19.1 Å². The Balaban J connectivity index is 1.50. The fraction of sp³-hybridized carbons (Fsp3) is 0.350. The summed E-state index contributed by atoms with van der Waals surface area (Å²) in [4.78, 5) is 17.3. The van der Waals surface area contributed by atoms with Crippen LogP contribution in [0.15, 0.2) is 53.4 Å². The summed E-state index contributed by atoms with van der Waals surface area (Å²) in [6.07, 6.45) is 0. The number of anilines is 2. The van der Waals surface area contributed by atoms with Gasteiger partial charge in [0.1, 0.15) is 5.75 Å². The first kappa shape index (κ1) is 20.4. The minimum atomic E-state index is -2.46. The normalized spacial score (nSPS) is 16.2. The Bertz CT molecular complexity index is 779. The second-order valence-corrected chi connectivity index (χ2v) is 7.67. The number of hydrogen-bond donors (Lipinski definition) is 2. The number of phenolic OH excluding ortho intramolecular Hbond substituents is 1. The highest BCUT2D eigenvalue weighted by Crippen LogP contribution is 2.26. The van der Waals surface area contributed by atoms with Crippen molar-refractivity contribution in [2.45, 2.75) is 23.6 Å². The number of aromatic hydroxyl groups is 1. The Labute approximate surface area is 167 Å². The molecule has 0 saturated carbocycles. The van der Waals surface area contributed by atoms with E-state index in [-0.39, 0.29) is 17.7 Å². The quantitative estimate of drug-likeness (QED) is 0.713. The number of benzene rings is 2. The van der Waals surface area contributed by atoms with Crippen LogP contribution in [0.2, 0.25) is 0 Å². The second-order valence-electron chi connectivity index (χ2n) is 6.61. The van der Waals surface area contributed by atoms with Crippen molar-refractivity contribution in [1.82, 2.24) is 4.90 Å². The zero-order valence-electron chi connectivity index (χ0n) is 15.5. The number of phenols is 1. The molecule has 2 aromatic carbocycles. The van der Waals surface area contributed by atoms with Crippen LogP contribution in [0.1, 0.15) is 6.92 Å². The van der Waals surface area contributed by atoms with Gasteiger partial charge in [0.25, 0.3) is 5.76 Å². The van der Waals surface area contributed by atoms with Gasteiger partial charge in [0.15, 0.2) is 0 Å². The molecule has 0 aromatic heterocycles. The molecular weight excluding hydrogens is 384 g/mol. The summed E-state index contributed by atoms with van der Waals surface area (Å²) in [5.74, 6) is -2.33. The van der Waals surface area contributed by atoms with Crippen LogP contribution in [0.25, 0.3) is 0 Å². The van der Waals surface area contributed by atoms with Gasteiger partial charge in [0, 0.05) is 42.4 Å². The number of hydrogen-bond acceptors (Lipinski definition) is 5. The standard InChI is InChI=1S/C20H23F2N3O2S/c1-14(19(27)23-15-2-8-18(9-3-15)28-20(21)22)24-10-12-25(13-11-24)16-4-6-17(26)7-5-16/h2-9,14,20,26H,10-13H2,1H3,(H,23,27)/t14-/m1/s1. The number of carbonyl (C=O) groups is 1. The Hall–Kier alpha value is -2.32. The molecule has 1 heterocycles. The molecule has 150 valence electrons. The van der Waals surface area contributed by atoms with Crippen LogP contribution in [-0.4, -0.2) is 53.9 Å². The van der Waals surface area contributed by atoms with Crippen LogP contribution in [0.5, 0.6) is 5.75 Å². The van der Waals surface area contributed by atoms with Gasteiger partial charge in [0.05, 0.1) is 6.04 Å². The molecule has 3 rings (SSSR count). The summed E-state index contributed by atoms with van der Waals surface area (Å²) in [6, 6.07) is 13.2. The number of thioether (sulfide) groups is 1. The van der Waals surface area contributed by atoms with Crippen molar-refractivity contribution in [1.29, 1.82) is 0 Å². The summed E-state index contributed by atoms with van der Waals surface area (Å²) in [5.41, 5.74) is 1.65. The fourth-order valence-corrected chi connectivity index (χ4v) is 3.66. The second kappa shape index (κ2) is 9.25. The monoisotopic (exact) mass is 407 g/mol. The smallest absolute Gasteiger partial charge is 0.288 e. The molecule has 0 aliphatic carbocycles. The third kappa shape index (κ3) is 5.36. The number of piperazine rings is 1. The summed E-state index contributed by atoms with van der Waals surface area (Å²) in [5, 5.41) is 12.2. The summed E-state index contributed by atoms with van der Waals surface area (Å²) < 4.78 is 24.7. The van der Waals surface area contributed by atoms with Crippen LogP contribution in [-0.2, 0) is 4.79 Å². The maximum atomic E-state index is 12.5. The van der Waals surface area contributed by atoms with E-state index < -0.39 is 5.76 Å². The fourth-order valence-electron chi connectivity index (χ4n) is 3.16. The first-order chi connectivity index (χ1) is 13.4. The Morgan fingerprint density at radius 2 is 1.64 bits per heavy atom. The van der Waals surface area contributed by atoms with Gasteiger partial charge >= 0.3 is 0 Å². The molecule has 1 amide bonds. The zero-order valence-corrected chi connectivity index (χ0v) is 16.3. The molecule has 0 unspecified atom stereocenters. The highest BCUT2D eigenvalue weighted by atomic mass is 32.2. The van der Waals surface area contributed by atoms with E-state index in [0.29, 0.717) is 22.3 Å². The Morgan fingerprint density at radius 3 is 2.21 bits per heavy atom. The van der Waals surface area contributed by atoms with Crippen LogP contribution in [0.3, 0.4) is 0 Å². The summed E-state index contributed by atoms with van der Waals surface area (Å²) in [7, 11) is 0. The van der Waals surface area contributed by atoms with Crippen molar-refractivity contribution in [2.24, 2.45) is 0 Å². The van der Waals surface area contributed by atoms with Gasteiger partial charge < -0.3 is 15.3 Å². The molecular formula is C20H23F2N3O2S. The number of alkyl halides is 2. The van der Waals surface area contributed by atoms with Crippen LogP contribution in [0, 0.1) is 0 Å². The van der Waals surface area contributed by atoms with Gasteiger partial charge in [-0.3, -0.25) is 9.69 Å². The van der Waals surface area contributed by atoms with Crippen LogP contribution in [0.4, 0.5) is 20.2 Å². The predicted molar refractivity (Wildman–Crippen MR) is 108 cm³/mol. The highest BCUT2D eigenvalue weighted by Gasteiger charge is 2.25. The van der Waals surface area contributed by atoms with Gasteiger partial charge in [-0.2, -0.15) is 8.78 Å². The topological polar surface area (TPSA) is 55.8 Å². The van der Waals surface area contributed by atoms with Crippen molar-refractivity contribution in [2.75, 3.05) is 36.4 Å². The molecule has 2 N–H and O–H groups in total. The molecule has 1 saturated heterocycles. The van der Waals surface area contributed by atoms with E-state index in [2.05, 4.69) is 15.1 Å². The number of carbonyl (C=O) groups excluding carboxylic acids is 1. The average molecular weight is 407 g/mol. The minimum Gasteiger partial charge on any atom is -0.508 e. The van der Waals surface area contributed by atoms with Crippen molar-refractivity contribution in [3.63, 3.8) is 0 Å². The Kier molecular flexibility index (Phi) is 6.74. The lowest BCUT2D eigenvalue weighted by molar-refractivity contribution is -0.120. The molecule has 1 fully saturated rings. The maximum absolute atomic E-state index is 12.5. The molecule has 5 nitrogen and oxygen atoms in total. The van der Waals surface area contributed by atoms with Crippen molar-refractivity contribution in [3.05, 3.63) is 48.5 Å². The number of nitrogens with zero attached hydrogens (tertiary/aromatic N) is 2. The van der Waals surface area contributed by atoms with E-state index in [9.17, 15) is 18.7 Å². The lowest BCUT2D eigenvalue weighted by Crippen LogP contribution is -2.52. The maximum Gasteiger partial charge on any atom is 0.288 e. The molecule has 28 heavy (non-hydrogen) atoms. The summed E-state index contributed by atoms with van der Waals surface area (Å²) >= 11 is 0.481. The molecule has 0 bridgehead atoms. The summed E-state index contributed by atoms with van der Waals surface area (Å²) in [6.45, 7) is 4.95.